The summed E-state index contributed by atoms with van der Waals surface area (Å²) in [5, 5.41) is 21.9. The highest BCUT2D eigenvalue weighted by atomic mass is 16.3. The van der Waals surface area contributed by atoms with Gasteiger partial charge in [-0.15, -0.1) is 0 Å². The van der Waals surface area contributed by atoms with Gasteiger partial charge in [0.05, 0.1) is 11.7 Å². The van der Waals surface area contributed by atoms with Crippen LogP contribution in [0.5, 0.6) is 0 Å². The molecular weight excluding hydrogens is 272 g/mol. The van der Waals surface area contributed by atoms with Crippen LogP contribution < -0.4 is 0 Å². The van der Waals surface area contributed by atoms with Crippen molar-refractivity contribution in [2.45, 2.75) is 64.1 Å². The molecule has 2 nitrogen and oxygen atoms in total. The van der Waals surface area contributed by atoms with Crippen molar-refractivity contribution in [3.63, 3.8) is 0 Å². The van der Waals surface area contributed by atoms with Crippen molar-refractivity contribution in [2.75, 3.05) is 0 Å². The fourth-order valence-corrected chi connectivity index (χ4v) is 5.28. The fraction of sp³-hybridized carbons (Fsp3) is 0.600. The van der Waals surface area contributed by atoms with Gasteiger partial charge in [0, 0.05) is 11.3 Å². The van der Waals surface area contributed by atoms with E-state index in [1.54, 1.807) is 0 Å². The minimum absolute atomic E-state index is 0.154. The second-order valence-corrected chi connectivity index (χ2v) is 7.74. The third-order valence-corrected chi connectivity index (χ3v) is 6.72. The first-order valence-electron chi connectivity index (χ1n) is 8.72. The number of aliphatic hydroxyl groups excluding tert-OH is 1. The van der Waals surface area contributed by atoms with E-state index in [1.807, 2.05) is 0 Å². The first kappa shape index (κ1) is 14.5. The molecule has 0 spiro atoms. The lowest BCUT2D eigenvalue weighted by atomic mass is 9.57. The van der Waals surface area contributed by atoms with Crippen LogP contribution in [0.15, 0.2) is 24.3 Å². The normalized spacial score (nSPS) is 39.7. The average Bonchev–Trinajstić information content (AvgIpc) is 2.83. The van der Waals surface area contributed by atoms with Crippen LogP contribution in [-0.4, -0.2) is 21.9 Å². The van der Waals surface area contributed by atoms with Crippen LogP contribution in [0.4, 0.5) is 0 Å². The first-order valence-corrected chi connectivity index (χ1v) is 8.72. The van der Waals surface area contributed by atoms with Crippen molar-refractivity contribution in [3.8, 4) is 0 Å². The number of fused-ring (bicyclic) bond motifs is 5. The van der Waals surface area contributed by atoms with Crippen LogP contribution in [0.25, 0.3) is 5.57 Å². The Labute approximate surface area is 132 Å². The van der Waals surface area contributed by atoms with Crippen molar-refractivity contribution < 1.29 is 10.2 Å². The number of allylic oxidation sites excluding steroid dienone is 1. The lowest BCUT2D eigenvalue weighted by molar-refractivity contribution is -0.0593. The summed E-state index contributed by atoms with van der Waals surface area (Å²) in [4.78, 5) is 0. The highest BCUT2D eigenvalue weighted by molar-refractivity contribution is 5.78. The van der Waals surface area contributed by atoms with Crippen molar-refractivity contribution >= 4 is 5.57 Å². The summed E-state index contributed by atoms with van der Waals surface area (Å²) in [5.74, 6) is 0.189. The van der Waals surface area contributed by atoms with Gasteiger partial charge in [-0.1, -0.05) is 38.1 Å². The molecule has 0 heterocycles. The Kier molecular flexibility index (Phi) is 3.08. The molecule has 0 aliphatic heterocycles. The zero-order valence-corrected chi connectivity index (χ0v) is 13.6. The first-order chi connectivity index (χ1) is 10.5. The molecule has 0 aromatic heterocycles. The van der Waals surface area contributed by atoms with Gasteiger partial charge >= 0.3 is 0 Å². The monoisotopic (exact) mass is 298 g/mol. The fourth-order valence-electron chi connectivity index (χ4n) is 5.28. The molecule has 0 amide bonds. The van der Waals surface area contributed by atoms with Crippen molar-refractivity contribution in [1.82, 2.24) is 0 Å². The molecule has 4 rings (SSSR count). The molecule has 0 saturated heterocycles. The van der Waals surface area contributed by atoms with Crippen molar-refractivity contribution in [3.05, 3.63) is 41.0 Å². The maximum absolute atomic E-state index is 11.5. The van der Waals surface area contributed by atoms with Crippen LogP contribution in [0, 0.1) is 11.3 Å². The number of aryl methyl sites for hydroxylation is 2. The highest BCUT2D eigenvalue weighted by Gasteiger charge is 2.58. The van der Waals surface area contributed by atoms with E-state index >= 15 is 0 Å². The van der Waals surface area contributed by atoms with E-state index in [-0.39, 0.29) is 17.4 Å². The van der Waals surface area contributed by atoms with Crippen molar-refractivity contribution in [2.24, 2.45) is 11.3 Å². The predicted octanol–water partition coefficient (Wildman–Crippen LogP) is 3.49. The molecule has 3 aliphatic rings. The van der Waals surface area contributed by atoms with Gasteiger partial charge in [0.2, 0.25) is 0 Å². The molecule has 2 N–H and O–H groups in total. The Hall–Kier alpha value is -1.12. The van der Waals surface area contributed by atoms with E-state index in [1.165, 1.54) is 16.7 Å². The topological polar surface area (TPSA) is 40.5 Å². The summed E-state index contributed by atoms with van der Waals surface area (Å²) in [5.41, 5.74) is 4.24. The molecule has 1 fully saturated rings. The molecule has 4 unspecified atom stereocenters. The van der Waals surface area contributed by atoms with Gasteiger partial charge in [-0.25, -0.2) is 0 Å². The van der Waals surface area contributed by atoms with E-state index in [9.17, 15) is 10.2 Å². The Morgan fingerprint density at radius 2 is 2.09 bits per heavy atom. The molecule has 0 radical (unpaired) electrons. The van der Waals surface area contributed by atoms with E-state index in [2.05, 4.69) is 38.1 Å². The quantitative estimate of drug-likeness (QED) is 0.833. The summed E-state index contributed by atoms with van der Waals surface area (Å²) < 4.78 is 0. The lowest BCUT2D eigenvalue weighted by Crippen LogP contribution is -2.51. The third-order valence-electron chi connectivity index (χ3n) is 6.72. The zero-order chi connectivity index (χ0) is 15.5. The van der Waals surface area contributed by atoms with Gasteiger partial charge in [-0.3, -0.25) is 0 Å². The van der Waals surface area contributed by atoms with Gasteiger partial charge in [-0.05, 0) is 60.8 Å². The van der Waals surface area contributed by atoms with Gasteiger partial charge < -0.3 is 10.2 Å². The van der Waals surface area contributed by atoms with E-state index < -0.39 is 5.60 Å². The second kappa shape index (κ2) is 4.69. The predicted molar refractivity (Wildman–Crippen MR) is 88.5 cm³/mol. The largest absolute Gasteiger partial charge is 0.393 e. The molecule has 118 valence electrons. The van der Waals surface area contributed by atoms with Crippen LogP contribution in [-0.2, 0) is 12.8 Å². The average molecular weight is 298 g/mol. The number of benzene rings is 1. The minimum atomic E-state index is -0.745. The van der Waals surface area contributed by atoms with Gasteiger partial charge in [0.25, 0.3) is 0 Å². The summed E-state index contributed by atoms with van der Waals surface area (Å²) in [7, 11) is 0. The van der Waals surface area contributed by atoms with Crippen LogP contribution in [0.3, 0.4) is 0 Å². The molecule has 3 aliphatic carbocycles. The molecule has 1 saturated carbocycles. The maximum atomic E-state index is 11.5. The van der Waals surface area contributed by atoms with Crippen LogP contribution in [0.2, 0.25) is 0 Å². The second-order valence-electron chi connectivity index (χ2n) is 7.74. The number of hydrogen-bond donors (Lipinski definition) is 2. The molecule has 2 heteroatoms. The third kappa shape index (κ3) is 1.74. The van der Waals surface area contributed by atoms with Gasteiger partial charge in [-0.2, -0.15) is 0 Å². The minimum Gasteiger partial charge on any atom is -0.393 e. The molecular formula is C20H26O2. The van der Waals surface area contributed by atoms with Crippen LogP contribution in [0.1, 0.15) is 56.2 Å². The number of aliphatic hydroxyl groups is 2. The van der Waals surface area contributed by atoms with E-state index in [0.29, 0.717) is 0 Å². The molecule has 22 heavy (non-hydrogen) atoms. The lowest BCUT2D eigenvalue weighted by Gasteiger charge is -2.51. The molecule has 1 aromatic rings. The Morgan fingerprint density at radius 1 is 1.27 bits per heavy atom. The zero-order valence-electron chi connectivity index (χ0n) is 13.6. The highest BCUT2D eigenvalue weighted by Crippen LogP contribution is 2.60. The smallest absolute Gasteiger partial charge is 0.0936 e. The summed E-state index contributed by atoms with van der Waals surface area (Å²) in [6.07, 6.45) is 7.39. The Balaban J connectivity index is 1.83. The molecule has 4 atom stereocenters. The van der Waals surface area contributed by atoms with Crippen molar-refractivity contribution in [1.29, 1.82) is 0 Å². The SMILES string of the molecule is CCc1ccc2c(c1)CCC1(O)C2=CCC2(C)C(O)CCC12. The van der Waals surface area contributed by atoms with E-state index in [0.717, 1.165) is 44.1 Å². The van der Waals surface area contributed by atoms with Gasteiger partial charge in [0.15, 0.2) is 0 Å². The van der Waals surface area contributed by atoms with Gasteiger partial charge in [0.1, 0.15) is 0 Å². The number of hydrogen-bond acceptors (Lipinski definition) is 2. The Morgan fingerprint density at radius 3 is 2.86 bits per heavy atom. The van der Waals surface area contributed by atoms with Crippen LogP contribution >= 0.6 is 0 Å². The molecule has 0 bridgehead atoms. The standard InChI is InChI=1S/C20H26O2/c1-3-13-4-5-15-14(12-13)8-11-20(22)16(15)9-10-19(2)17(20)6-7-18(19)21/h4-5,9,12,17-18,21-22H,3,6-8,10-11H2,1-2H3. The summed E-state index contributed by atoms with van der Waals surface area (Å²) in [6, 6.07) is 6.72. The Bertz CT molecular complexity index is 647. The summed E-state index contributed by atoms with van der Waals surface area (Å²) >= 11 is 0. The number of rotatable bonds is 1. The summed E-state index contributed by atoms with van der Waals surface area (Å²) in [6.45, 7) is 4.35. The molecule has 1 aromatic carbocycles. The maximum Gasteiger partial charge on any atom is 0.0936 e. The van der Waals surface area contributed by atoms with E-state index in [4.69, 9.17) is 0 Å².